The van der Waals surface area contributed by atoms with E-state index in [1.165, 1.54) is 25.2 Å². The zero-order valence-electron chi connectivity index (χ0n) is 9.70. The fraction of sp³-hybridized carbons (Fsp3) is 0.727. The summed E-state index contributed by atoms with van der Waals surface area (Å²) in [6.07, 6.45) is 5.11. The van der Waals surface area contributed by atoms with Crippen LogP contribution in [0, 0.1) is 11.3 Å². The Labute approximate surface area is 107 Å². The molecule has 0 amide bonds. The van der Waals surface area contributed by atoms with Crippen molar-refractivity contribution in [2.45, 2.75) is 29.8 Å². The molecule has 3 rings (SSSR count). The van der Waals surface area contributed by atoms with Crippen molar-refractivity contribution in [1.29, 1.82) is 0 Å². The highest BCUT2D eigenvalue weighted by Crippen LogP contribution is 2.48. The van der Waals surface area contributed by atoms with Crippen molar-refractivity contribution in [3.63, 3.8) is 0 Å². The molecule has 0 radical (unpaired) electrons. The van der Waals surface area contributed by atoms with Gasteiger partial charge in [-0.15, -0.1) is 0 Å². The highest BCUT2D eigenvalue weighted by molar-refractivity contribution is 8.00. The van der Waals surface area contributed by atoms with E-state index in [-0.39, 0.29) is 16.7 Å². The Morgan fingerprint density at radius 2 is 2.17 bits per heavy atom. The van der Waals surface area contributed by atoms with Crippen LogP contribution in [0.4, 0.5) is 13.2 Å². The first-order valence-corrected chi connectivity index (χ1v) is 6.75. The molecule has 1 aliphatic carbocycles. The smallest absolute Gasteiger partial charge is 0.316 e. The van der Waals surface area contributed by atoms with Crippen molar-refractivity contribution in [3.05, 3.63) is 12.4 Å². The van der Waals surface area contributed by atoms with Crippen LogP contribution in [-0.2, 0) is 6.54 Å². The van der Waals surface area contributed by atoms with Crippen LogP contribution in [0.5, 0.6) is 0 Å². The third-order valence-corrected chi connectivity index (χ3v) is 4.41. The van der Waals surface area contributed by atoms with E-state index in [4.69, 9.17) is 0 Å². The summed E-state index contributed by atoms with van der Waals surface area (Å²) < 4.78 is 38.1. The fourth-order valence-electron chi connectivity index (χ4n) is 2.96. The minimum absolute atomic E-state index is 0.104. The van der Waals surface area contributed by atoms with Gasteiger partial charge < -0.3 is 5.32 Å². The van der Waals surface area contributed by atoms with E-state index in [1.54, 1.807) is 4.68 Å². The van der Waals surface area contributed by atoms with Crippen molar-refractivity contribution in [2.75, 3.05) is 13.1 Å². The second-order valence-corrected chi connectivity index (χ2v) is 6.46. The molecule has 1 aliphatic heterocycles. The summed E-state index contributed by atoms with van der Waals surface area (Å²) in [5, 5.41) is 7.26. The lowest BCUT2D eigenvalue weighted by molar-refractivity contribution is -0.0328. The average molecular weight is 277 g/mol. The van der Waals surface area contributed by atoms with Gasteiger partial charge in [0.2, 0.25) is 0 Å². The summed E-state index contributed by atoms with van der Waals surface area (Å²) in [6.45, 7) is 2.93. The summed E-state index contributed by atoms with van der Waals surface area (Å²) in [4.78, 5) is 0.168. The summed E-state index contributed by atoms with van der Waals surface area (Å²) in [7, 11) is 0. The zero-order valence-corrected chi connectivity index (χ0v) is 10.5. The number of halogens is 3. The van der Waals surface area contributed by atoms with Gasteiger partial charge in [0.1, 0.15) is 0 Å². The molecule has 18 heavy (non-hydrogen) atoms. The van der Waals surface area contributed by atoms with Crippen LogP contribution in [0.15, 0.2) is 17.3 Å². The second-order valence-electron chi connectivity index (χ2n) is 5.32. The molecular formula is C11H14F3N3S. The van der Waals surface area contributed by atoms with Gasteiger partial charge in [-0.3, -0.25) is 4.68 Å². The normalized spacial score (nSPS) is 22.8. The molecule has 7 heteroatoms. The molecule has 100 valence electrons. The molecule has 2 aliphatic rings. The van der Waals surface area contributed by atoms with Crippen molar-refractivity contribution in [1.82, 2.24) is 15.1 Å². The van der Waals surface area contributed by atoms with Gasteiger partial charge in [-0.2, -0.15) is 18.3 Å². The Balaban J connectivity index is 1.52. The molecule has 0 atom stereocenters. The third kappa shape index (κ3) is 2.51. The van der Waals surface area contributed by atoms with E-state index >= 15 is 0 Å². The van der Waals surface area contributed by atoms with Gasteiger partial charge in [-0.25, -0.2) is 0 Å². The number of nitrogens with zero attached hydrogens (tertiary/aromatic N) is 2. The average Bonchev–Trinajstić information content (AvgIpc) is 2.52. The molecule has 0 bridgehead atoms. The molecule has 3 nitrogen and oxygen atoms in total. The van der Waals surface area contributed by atoms with Crippen molar-refractivity contribution >= 4 is 11.8 Å². The van der Waals surface area contributed by atoms with E-state index in [1.807, 2.05) is 0 Å². The molecule has 1 spiro atoms. The van der Waals surface area contributed by atoms with Gasteiger partial charge in [0.25, 0.3) is 0 Å². The van der Waals surface area contributed by atoms with Gasteiger partial charge in [-0.05, 0) is 35.9 Å². The van der Waals surface area contributed by atoms with E-state index in [2.05, 4.69) is 10.4 Å². The van der Waals surface area contributed by atoms with Gasteiger partial charge >= 0.3 is 5.51 Å². The number of thioether (sulfide) groups is 1. The molecule has 2 fully saturated rings. The standard InChI is InChI=1S/C11H14F3N3S/c12-11(13,14)18-9-3-16-17(5-9)4-8-1-10(2-8)6-15-7-10/h3,5,8,15H,1-2,4,6-7H2. The minimum atomic E-state index is -4.23. The SMILES string of the molecule is FC(F)(F)Sc1cnn(CC2CC3(CNC3)C2)c1. The lowest BCUT2D eigenvalue weighted by Crippen LogP contribution is -2.60. The molecule has 2 heterocycles. The first-order valence-electron chi connectivity index (χ1n) is 5.93. The Bertz CT molecular complexity index is 431. The molecule has 1 saturated heterocycles. The maximum atomic E-state index is 12.2. The molecule has 1 N–H and O–H groups in total. The van der Waals surface area contributed by atoms with Crippen LogP contribution in [0.1, 0.15) is 12.8 Å². The minimum Gasteiger partial charge on any atom is -0.316 e. The van der Waals surface area contributed by atoms with Gasteiger partial charge in [0.15, 0.2) is 0 Å². The largest absolute Gasteiger partial charge is 0.446 e. The number of aromatic nitrogens is 2. The van der Waals surface area contributed by atoms with Gasteiger partial charge in [0.05, 0.1) is 11.1 Å². The molecule has 1 aromatic rings. The predicted molar refractivity (Wildman–Crippen MR) is 62.2 cm³/mol. The summed E-state index contributed by atoms with van der Waals surface area (Å²) in [5.41, 5.74) is -3.73. The summed E-state index contributed by atoms with van der Waals surface area (Å²) in [6, 6.07) is 0. The van der Waals surface area contributed by atoms with Crippen LogP contribution < -0.4 is 5.32 Å². The van der Waals surface area contributed by atoms with E-state index in [0.717, 1.165) is 19.6 Å². The van der Waals surface area contributed by atoms with Crippen LogP contribution in [0.25, 0.3) is 0 Å². The van der Waals surface area contributed by atoms with Crippen LogP contribution >= 0.6 is 11.8 Å². The van der Waals surface area contributed by atoms with Gasteiger partial charge in [0, 0.05) is 25.8 Å². The first-order chi connectivity index (χ1) is 8.44. The number of hydrogen-bond acceptors (Lipinski definition) is 3. The number of alkyl halides is 3. The van der Waals surface area contributed by atoms with Gasteiger partial charge in [-0.1, -0.05) is 0 Å². The number of nitrogens with one attached hydrogen (secondary N) is 1. The van der Waals surface area contributed by atoms with Crippen molar-refractivity contribution in [2.24, 2.45) is 11.3 Å². The fourth-order valence-corrected chi connectivity index (χ4v) is 3.50. The maximum Gasteiger partial charge on any atom is 0.446 e. The molecule has 0 unspecified atom stereocenters. The molecule has 1 saturated carbocycles. The Kier molecular flexibility index (Phi) is 2.85. The lowest BCUT2D eigenvalue weighted by Gasteiger charge is -2.54. The monoisotopic (exact) mass is 277 g/mol. The first kappa shape index (κ1) is 12.3. The topological polar surface area (TPSA) is 29.9 Å². The van der Waals surface area contributed by atoms with Crippen LogP contribution in [0.2, 0.25) is 0 Å². The van der Waals surface area contributed by atoms with Crippen molar-refractivity contribution < 1.29 is 13.2 Å². The van der Waals surface area contributed by atoms with Crippen LogP contribution in [-0.4, -0.2) is 28.4 Å². The molecule has 0 aromatic carbocycles. The summed E-state index contributed by atoms with van der Waals surface area (Å²) >= 11 is -0.104. The quantitative estimate of drug-likeness (QED) is 0.861. The Morgan fingerprint density at radius 1 is 1.44 bits per heavy atom. The highest BCUT2D eigenvalue weighted by atomic mass is 32.2. The molecular weight excluding hydrogens is 263 g/mol. The van der Waals surface area contributed by atoms with E-state index in [0.29, 0.717) is 11.3 Å². The number of hydrogen-bond donors (Lipinski definition) is 1. The summed E-state index contributed by atoms with van der Waals surface area (Å²) in [5.74, 6) is 0.565. The Hall–Kier alpha value is -0.690. The van der Waals surface area contributed by atoms with Crippen LogP contribution in [0.3, 0.4) is 0 Å². The molecule has 1 aromatic heterocycles. The predicted octanol–water partition coefficient (Wildman–Crippen LogP) is 2.49. The van der Waals surface area contributed by atoms with Crippen molar-refractivity contribution in [3.8, 4) is 0 Å². The third-order valence-electron chi connectivity index (χ3n) is 3.73. The number of rotatable bonds is 3. The maximum absolute atomic E-state index is 12.2. The Morgan fingerprint density at radius 3 is 2.72 bits per heavy atom. The second kappa shape index (κ2) is 4.16. The zero-order chi connectivity index (χ0) is 12.8. The lowest BCUT2D eigenvalue weighted by atomic mass is 9.58. The van der Waals surface area contributed by atoms with E-state index in [9.17, 15) is 13.2 Å². The van der Waals surface area contributed by atoms with E-state index < -0.39 is 5.51 Å². The highest BCUT2D eigenvalue weighted by Gasteiger charge is 2.48.